The molecule has 158 valence electrons. The van der Waals surface area contributed by atoms with Gasteiger partial charge >= 0.3 is 0 Å². The van der Waals surface area contributed by atoms with Gasteiger partial charge in [0.05, 0.1) is 11.6 Å². The zero-order chi connectivity index (χ0) is 20.9. The molecule has 1 unspecified atom stereocenters. The van der Waals surface area contributed by atoms with Crippen LogP contribution in [0.4, 0.5) is 0 Å². The van der Waals surface area contributed by atoms with Gasteiger partial charge in [0, 0.05) is 18.0 Å². The predicted octanol–water partition coefficient (Wildman–Crippen LogP) is 4.65. The molecule has 0 aliphatic carbocycles. The topological polar surface area (TPSA) is 69.2 Å². The minimum absolute atomic E-state index is 0.0740. The summed E-state index contributed by atoms with van der Waals surface area (Å²) in [5, 5.41) is 16.0. The Hall–Kier alpha value is -2.26. The van der Waals surface area contributed by atoms with Crippen LogP contribution in [0.15, 0.2) is 52.3 Å². The maximum atomic E-state index is 10.5. The van der Waals surface area contributed by atoms with Gasteiger partial charge in [0.1, 0.15) is 12.7 Å². The van der Waals surface area contributed by atoms with Crippen molar-refractivity contribution in [3.8, 4) is 23.0 Å². The number of hydrogen-bond acceptors (Lipinski definition) is 7. The smallest absolute Gasteiger partial charge is 0.231 e. The SMILES string of the molecule is COc1cc(CNCc2cccs2)cc(Br)c1OCC(O)c1ccc2c(c1)OCO2. The quantitative estimate of drug-likeness (QED) is 0.454. The fourth-order valence-electron chi connectivity index (χ4n) is 3.14. The van der Waals surface area contributed by atoms with Crippen LogP contribution in [0.2, 0.25) is 0 Å². The Labute approximate surface area is 187 Å². The van der Waals surface area contributed by atoms with E-state index in [1.807, 2.05) is 18.2 Å². The summed E-state index contributed by atoms with van der Waals surface area (Å²) < 4.78 is 22.9. The molecule has 0 bridgehead atoms. The molecule has 1 atom stereocenters. The summed E-state index contributed by atoms with van der Waals surface area (Å²) in [5.74, 6) is 2.47. The lowest BCUT2D eigenvalue weighted by atomic mass is 10.1. The van der Waals surface area contributed by atoms with Gasteiger partial charge in [-0.3, -0.25) is 0 Å². The number of hydrogen-bond donors (Lipinski definition) is 2. The summed E-state index contributed by atoms with van der Waals surface area (Å²) >= 11 is 5.30. The third-order valence-electron chi connectivity index (χ3n) is 4.66. The second-order valence-corrected chi connectivity index (χ2v) is 8.62. The van der Waals surface area contributed by atoms with E-state index in [0.29, 0.717) is 35.1 Å². The minimum Gasteiger partial charge on any atom is -0.493 e. The van der Waals surface area contributed by atoms with Crippen molar-refractivity contribution in [2.45, 2.75) is 19.2 Å². The van der Waals surface area contributed by atoms with Gasteiger partial charge in [-0.1, -0.05) is 12.1 Å². The van der Waals surface area contributed by atoms with Crippen molar-refractivity contribution < 1.29 is 24.1 Å². The maximum absolute atomic E-state index is 10.5. The van der Waals surface area contributed by atoms with E-state index in [-0.39, 0.29) is 13.4 Å². The molecule has 3 aromatic rings. The summed E-state index contributed by atoms with van der Waals surface area (Å²) in [6.45, 7) is 1.79. The van der Waals surface area contributed by atoms with Crippen LogP contribution in [0.1, 0.15) is 22.1 Å². The molecule has 1 aliphatic rings. The molecule has 0 amide bonds. The molecule has 1 aliphatic heterocycles. The normalized spacial score (nSPS) is 13.3. The molecule has 6 nitrogen and oxygen atoms in total. The summed E-state index contributed by atoms with van der Waals surface area (Å²) in [6.07, 6.45) is -0.816. The highest BCUT2D eigenvalue weighted by molar-refractivity contribution is 9.10. The number of nitrogens with one attached hydrogen (secondary N) is 1. The average Bonchev–Trinajstić information content (AvgIpc) is 3.43. The highest BCUT2D eigenvalue weighted by atomic mass is 79.9. The van der Waals surface area contributed by atoms with Crippen molar-refractivity contribution in [2.24, 2.45) is 0 Å². The van der Waals surface area contributed by atoms with E-state index in [1.54, 1.807) is 36.6 Å². The molecule has 0 saturated carbocycles. The Balaban J connectivity index is 1.39. The van der Waals surface area contributed by atoms with Gasteiger partial charge in [-0.15, -0.1) is 11.3 Å². The summed E-state index contributed by atoms with van der Waals surface area (Å²) in [7, 11) is 1.60. The highest BCUT2D eigenvalue weighted by Crippen LogP contribution is 2.38. The molecule has 1 aromatic heterocycles. The standard InChI is InChI=1S/C22H22BrNO5S/c1-26-21-8-14(10-24-11-16-3-2-6-30-16)7-17(23)22(21)27-12-18(25)15-4-5-19-20(9-15)29-13-28-19/h2-9,18,24-25H,10-13H2,1H3. The molecular formula is C22H22BrNO5S. The molecule has 2 heterocycles. The van der Waals surface area contributed by atoms with Crippen molar-refractivity contribution in [1.82, 2.24) is 5.32 Å². The van der Waals surface area contributed by atoms with Gasteiger partial charge in [0.15, 0.2) is 23.0 Å². The Morgan fingerprint density at radius 1 is 1.17 bits per heavy atom. The zero-order valence-corrected chi connectivity index (χ0v) is 18.8. The maximum Gasteiger partial charge on any atom is 0.231 e. The molecule has 2 N–H and O–H groups in total. The number of ether oxygens (including phenoxy) is 4. The van der Waals surface area contributed by atoms with Gasteiger partial charge in [-0.25, -0.2) is 0 Å². The predicted molar refractivity (Wildman–Crippen MR) is 119 cm³/mol. The van der Waals surface area contributed by atoms with Crippen LogP contribution in [0.5, 0.6) is 23.0 Å². The van der Waals surface area contributed by atoms with Gasteiger partial charge < -0.3 is 29.4 Å². The number of fused-ring (bicyclic) bond motifs is 1. The zero-order valence-electron chi connectivity index (χ0n) is 16.4. The lowest BCUT2D eigenvalue weighted by Crippen LogP contribution is -2.13. The van der Waals surface area contributed by atoms with Crippen molar-refractivity contribution in [3.05, 3.63) is 68.3 Å². The Bertz CT molecular complexity index is 995. The lowest BCUT2D eigenvalue weighted by Gasteiger charge is -2.17. The number of rotatable bonds is 9. The fourth-order valence-corrected chi connectivity index (χ4v) is 4.42. The van der Waals surface area contributed by atoms with Gasteiger partial charge in [0.25, 0.3) is 0 Å². The first kappa shape index (κ1) is 21.0. The largest absolute Gasteiger partial charge is 0.493 e. The molecular weight excluding hydrogens is 470 g/mol. The van der Waals surface area contributed by atoms with Gasteiger partial charge in [-0.2, -0.15) is 0 Å². The molecule has 0 fully saturated rings. The summed E-state index contributed by atoms with van der Waals surface area (Å²) in [5.41, 5.74) is 1.77. The molecule has 4 rings (SSSR count). The molecule has 30 heavy (non-hydrogen) atoms. The van der Waals surface area contributed by atoms with Crippen LogP contribution in [-0.2, 0) is 13.1 Å². The fraction of sp³-hybridized carbons (Fsp3) is 0.273. The third-order valence-corrected chi connectivity index (χ3v) is 6.13. The first-order valence-corrected chi connectivity index (χ1v) is 11.1. The van der Waals surface area contributed by atoms with Crippen LogP contribution in [0.25, 0.3) is 0 Å². The number of methoxy groups -OCH3 is 1. The molecule has 0 saturated heterocycles. The van der Waals surface area contributed by atoms with E-state index in [2.05, 4.69) is 32.7 Å². The Kier molecular flexibility index (Phi) is 6.79. The Morgan fingerprint density at radius 3 is 2.83 bits per heavy atom. The highest BCUT2D eigenvalue weighted by Gasteiger charge is 2.19. The van der Waals surface area contributed by atoms with Crippen molar-refractivity contribution >= 4 is 27.3 Å². The number of aliphatic hydroxyl groups excluding tert-OH is 1. The van der Waals surface area contributed by atoms with Crippen LogP contribution in [0.3, 0.4) is 0 Å². The van der Waals surface area contributed by atoms with E-state index < -0.39 is 6.10 Å². The second-order valence-electron chi connectivity index (χ2n) is 6.73. The lowest BCUT2D eigenvalue weighted by molar-refractivity contribution is 0.105. The van der Waals surface area contributed by atoms with Crippen molar-refractivity contribution in [1.29, 1.82) is 0 Å². The average molecular weight is 492 g/mol. The van der Waals surface area contributed by atoms with Crippen LogP contribution < -0.4 is 24.3 Å². The molecule has 2 aromatic carbocycles. The van der Waals surface area contributed by atoms with Crippen molar-refractivity contribution in [2.75, 3.05) is 20.5 Å². The first-order valence-electron chi connectivity index (χ1n) is 9.44. The van der Waals surface area contributed by atoms with Crippen LogP contribution in [0, 0.1) is 0 Å². The number of benzene rings is 2. The van der Waals surface area contributed by atoms with E-state index in [9.17, 15) is 5.11 Å². The second kappa shape index (κ2) is 9.70. The number of aliphatic hydroxyl groups is 1. The molecule has 0 spiro atoms. The van der Waals surface area contributed by atoms with Gasteiger partial charge in [-0.05, 0) is 62.8 Å². The summed E-state index contributed by atoms with van der Waals surface area (Å²) in [6, 6.07) is 13.4. The minimum atomic E-state index is -0.816. The summed E-state index contributed by atoms with van der Waals surface area (Å²) in [4.78, 5) is 1.29. The first-order chi connectivity index (χ1) is 14.6. The van der Waals surface area contributed by atoms with E-state index >= 15 is 0 Å². The van der Waals surface area contributed by atoms with Crippen LogP contribution >= 0.6 is 27.3 Å². The van der Waals surface area contributed by atoms with E-state index in [1.165, 1.54) is 4.88 Å². The number of halogens is 1. The molecule has 8 heteroatoms. The Morgan fingerprint density at radius 2 is 2.03 bits per heavy atom. The van der Waals surface area contributed by atoms with Crippen LogP contribution in [-0.4, -0.2) is 25.6 Å². The van der Waals surface area contributed by atoms with Gasteiger partial charge in [0.2, 0.25) is 6.79 Å². The van der Waals surface area contributed by atoms with E-state index in [0.717, 1.165) is 16.6 Å². The van der Waals surface area contributed by atoms with E-state index in [4.69, 9.17) is 18.9 Å². The monoisotopic (exact) mass is 491 g/mol. The number of thiophene rings is 1. The van der Waals surface area contributed by atoms with Crippen molar-refractivity contribution in [3.63, 3.8) is 0 Å². The molecule has 0 radical (unpaired) electrons. The third kappa shape index (κ3) is 4.89.